The molecule has 0 saturated heterocycles. The molecule has 0 spiro atoms. The normalized spacial score (nSPS) is 13.7. The van der Waals surface area contributed by atoms with E-state index in [4.69, 9.17) is 15.6 Å². The zero-order chi connectivity index (χ0) is 13.5. The van der Waals surface area contributed by atoms with Crippen LogP contribution in [0, 0.1) is 0 Å². The van der Waals surface area contributed by atoms with Gasteiger partial charge in [-0.3, -0.25) is 4.79 Å². The summed E-state index contributed by atoms with van der Waals surface area (Å²) in [6, 6.07) is 8.01. The number of nitrogens with two attached hydrogens (primary N) is 1. The van der Waals surface area contributed by atoms with Crippen molar-refractivity contribution in [2.75, 3.05) is 13.7 Å². The minimum Gasteiger partial charge on any atom is -0.479 e. The molecule has 1 rings (SSSR count). The molecule has 0 fully saturated rings. The SMILES string of the molecule is COC(CNC(=O)[C@H](N)c1ccccc1)C(=O)O. The van der Waals surface area contributed by atoms with E-state index >= 15 is 0 Å². The summed E-state index contributed by atoms with van der Waals surface area (Å²) in [6.07, 6.45) is -1.07. The molecule has 0 saturated carbocycles. The van der Waals surface area contributed by atoms with Crippen LogP contribution in [0.4, 0.5) is 0 Å². The number of carboxylic acid groups (broad SMARTS) is 1. The van der Waals surface area contributed by atoms with Crippen molar-refractivity contribution in [1.82, 2.24) is 5.32 Å². The topological polar surface area (TPSA) is 102 Å². The number of carbonyl (C=O) groups excluding carboxylic acids is 1. The molecule has 0 heterocycles. The third-order valence-corrected chi connectivity index (χ3v) is 2.46. The molecule has 1 aromatic rings. The van der Waals surface area contributed by atoms with Crippen LogP contribution in [0.5, 0.6) is 0 Å². The van der Waals surface area contributed by atoms with Crippen LogP contribution in [0.25, 0.3) is 0 Å². The van der Waals surface area contributed by atoms with Gasteiger partial charge in [0.1, 0.15) is 6.04 Å². The lowest BCUT2D eigenvalue weighted by Gasteiger charge is -2.15. The van der Waals surface area contributed by atoms with Crippen LogP contribution < -0.4 is 11.1 Å². The standard InChI is InChI=1S/C12H16N2O4/c1-18-9(12(16)17)7-14-11(15)10(13)8-5-3-2-4-6-8/h2-6,9-10H,7,13H2,1H3,(H,14,15)(H,16,17)/t9?,10-/m1/s1. The molecule has 1 aromatic carbocycles. The number of benzene rings is 1. The molecular weight excluding hydrogens is 236 g/mol. The fourth-order valence-electron chi connectivity index (χ4n) is 1.39. The van der Waals surface area contributed by atoms with Crippen LogP contribution in [-0.4, -0.2) is 36.7 Å². The highest BCUT2D eigenvalue weighted by atomic mass is 16.5. The van der Waals surface area contributed by atoms with Gasteiger partial charge in [-0.05, 0) is 5.56 Å². The molecule has 0 aromatic heterocycles. The molecule has 98 valence electrons. The highest BCUT2D eigenvalue weighted by Crippen LogP contribution is 2.09. The zero-order valence-electron chi connectivity index (χ0n) is 10.00. The average Bonchev–Trinajstić information content (AvgIpc) is 2.39. The Kier molecular flexibility index (Phi) is 5.29. The Morgan fingerprint density at radius 2 is 2.00 bits per heavy atom. The van der Waals surface area contributed by atoms with E-state index in [1.807, 2.05) is 6.07 Å². The van der Waals surface area contributed by atoms with Crippen molar-refractivity contribution in [3.05, 3.63) is 35.9 Å². The minimum atomic E-state index is -1.13. The first-order valence-corrected chi connectivity index (χ1v) is 5.40. The van der Waals surface area contributed by atoms with Gasteiger partial charge in [0.15, 0.2) is 6.10 Å². The second kappa shape index (κ2) is 6.73. The molecule has 0 aliphatic carbocycles. The van der Waals surface area contributed by atoms with E-state index < -0.39 is 24.0 Å². The maximum absolute atomic E-state index is 11.7. The van der Waals surface area contributed by atoms with Crippen molar-refractivity contribution in [1.29, 1.82) is 0 Å². The summed E-state index contributed by atoms with van der Waals surface area (Å²) >= 11 is 0. The second-order valence-corrected chi connectivity index (χ2v) is 3.70. The number of carboxylic acids is 1. The third-order valence-electron chi connectivity index (χ3n) is 2.46. The van der Waals surface area contributed by atoms with Crippen molar-refractivity contribution in [3.8, 4) is 0 Å². The van der Waals surface area contributed by atoms with Gasteiger partial charge < -0.3 is 20.9 Å². The fraction of sp³-hybridized carbons (Fsp3) is 0.333. The third kappa shape index (κ3) is 3.83. The van der Waals surface area contributed by atoms with Gasteiger partial charge in [-0.1, -0.05) is 30.3 Å². The lowest BCUT2D eigenvalue weighted by Crippen LogP contribution is -2.41. The number of methoxy groups -OCH3 is 1. The Hall–Kier alpha value is -1.92. The number of rotatable bonds is 6. The van der Waals surface area contributed by atoms with Crippen LogP contribution in [0.3, 0.4) is 0 Å². The number of aliphatic carboxylic acids is 1. The molecule has 4 N–H and O–H groups in total. The quantitative estimate of drug-likeness (QED) is 0.656. The predicted molar refractivity (Wildman–Crippen MR) is 64.8 cm³/mol. The number of amides is 1. The van der Waals surface area contributed by atoms with E-state index in [9.17, 15) is 9.59 Å². The van der Waals surface area contributed by atoms with Gasteiger partial charge in [0, 0.05) is 7.11 Å². The second-order valence-electron chi connectivity index (χ2n) is 3.70. The zero-order valence-corrected chi connectivity index (χ0v) is 10.00. The molecule has 0 radical (unpaired) electrons. The minimum absolute atomic E-state index is 0.120. The van der Waals surface area contributed by atoms with E-state index in [0.29, 0.717) is 5.56 Å². The predicted octanol–water partition coefficient (Wildman–Crippen LogP) is -0.0978. The van der Waals surface area contributed by atoms with Crippen molar-refractivity contribution in [2.45, 2.75) is 12.1 Å². The Labute approximate surface area is 105 Å². The highest BCUT2D eigenvalue weighted by molar-refractivity contribution is 5.83. The van der Waals surface area contributed by atoms with Gasteiger partial charge in [-0.15, -0.1) is 0 Å². The highest BCUT2D eigenvalue weighted by Gasteiger charge is 2.20. The molecule has 2 atom stereocenters. The number of hydrogen-bond acceptors (Lipinski definition) is 4. The van der Waals surface area contributed by atoms with Crippen molar-refractivity contribution < 1.29 is 19.4 Å². The van der Waals surface area contributed by atoms with Crippen molar-refractivity contribution in [3.63, 3.8) is 0 Å². The number of hydrogen-bond donors (Lipinski definition) is 3. The molecule has 0 aliphatic rings. The Bertz CT molecular complexity index is 408. The fourth-order valence-corrected chi connectivity index (χ4v) is 1.39. The van der Waals surface area contributed by atoms with Gasteiger partial charge in [0.25, 0.3) is 0 Å². The molecule has 18 heavy (non-hydrogen) atoms. The van der Waals surface area contributed by atoms with Gasteiger partial charge >= 0.3 is 5.97 Å². The molecule has 1 amide bonds. The molecule has 6 nitrogen and oxygen atoms in total. The van der Waals surface area contributed by atoms with Crippen LogP contribution in [0.1, 0.15) is 11.6 Å². The first-order chi connectivity index (χ1) is 8.56. The smallest absolute Gasteiger partial charge is 0.334 e. The van der Waals surface area contributed by atoms with Crippen LogP contribution in [0.15, 0.2) is 30.3 Å². The lowest BCUT2D eigenvalue weighted by molar-refractivity contribution is -0.148. The van der Waals surface area contributed by atoms with Crippen LogP contribution in [0.2, 0.25) is 0 Å². The van der Waals surface area contributed by atoms with E-state index in [1.165, 1.54) is 7.11 Å². The first kappa shape index (κ1) is 14.1. The van der Waals surface area contributed by atoms with Crippen molar-refractivity contribution >= 4 is 11.9 Å². The summed E-state index contributed by atoms with van der Waals surface area (Å²) in [5.41, 5.74) is 6.41. The molecular formula is C12H16N2O4. The largest absolute Gasteiger partial charge is 0.479 e. The monoisotopic (exact) mass is 252 g/mol. The summed E-state index contributed by atoms with van der Waals surface area (Å²) in [5.74, 6) is -1.57. The summed E-state index contributed by atoms with van der Waals surface area (Å²) in [6.45, 7) is -0.120. The van der Waals surface area contributed by atoms with E-state index in [-0.39, 0.29) is 6.54 Å². The maximum atomic E-state index is 11.7. The summed E-state index contributed by atoms with van der Waals surface area (Å²) in [5, 5.41) is 11.2. The molecule has 0 bridgehead atoms. The number of nitrogens with one attached hydrogen (secondary N) is 1. The summed E-state index contributed by atoms with van der Waals surface area (Å²) in [4.78, 5) is 22.4. The van der Waals surface area contributed by atoms with Gasteiger partial charge in [0.2, 0.25) is 5.91 Å². The lowest BCUT2D eigenvalue weighted by atomic mass is 10.1. The average molecular weight is 252 g/mol. The molecule has 0 aliphatic heterocycles. The van der Waals surface area contributed by atoms with E-state index in [1.54, 1.807) is 24.3 Å². The Balaban J connectivity index is 2.53. The summed E-state index contributed by atoms with van der Waals surface area (Å²) < 4.78 is 4.69. The van der Waals surface area contributed by atoms with Gasteiger partial charge in [0.05, 0.1) is 6.54 Å². The number of ether oxygens (including phenoxy) is 1. The summed E-state index contributed by atoms with van der Waals surface area (Å²) in [7, 11) is 1.27. The first-order valence-electron chi connectivity index (χ1n) is 5.40. The van der Waals surface area contributed by atoms with Gasteiger partial charge in [-0.25, -0.2) is 4.79 Å². The molecule has 1 unspecified atom stereocenters. The van der Waals surface area contributed by atoms with Crippen LogP contribution >= 0.6 is 0 Å². The Morgan fingerprint density at radius 1 is 1.39 bits per heavy atom. The van der Waals surface area contributed by atoms with E-state index in [0.717, 1.165) is 0 Å². The van der Waals surface area contributed by atoms with Crippen LogP contribution in [-0.2, 0) is 14.3 Å². The van der Waals surface area contributed by atoms with E-state index in [2.05, 4.69) is 5.32 Å². The van der Waals surface area contributed by atoms with Gasteiger partial charge in [-0.2, -0.15) is 0 Å². The number of carbonyl (C=O) groups is 2. The Morgan fingerprint density at radius 3 is 2.50 bits per heavy atom. The van der Waals surface area contributed by atoms with Crippen molar-refractivity contribution in [2.24, 2.45) is 5.73 Å². The maximum Gasteiger partial charge on any atom is 0.334 e. The molecule has 6 heteroatoms.